The van der Waals surface area contributed by atoms with Crippen LogP contribution < -0.4 is 0 Å². The van der Waals surface area contributed by atoms with Gasteiger partial charge in [0.1, 0.15) is 11.4 Å². The molecular weight excluding hydrogens is 324 g/mol. The van der Waals surface area contributed by atoms with Crippen LogP contribution in [0.2, 0.25) is 0 Å². The highest BCUT2D eigenvalue weighted by atomic mass is 32.1. The first-order valence-electron chi connectivity index (χ1n) is 7.25. The van der Waals surface area contributed by atoms with Crippen molar-refractivity contribution in [2.75, 3.05) is 0 Å². The van der Waals surface area contributed by atoms with Gasteiger partial charge >= 0.3 is 0 Å². The summed E-state index contributed by atoms with van der Waals surface area (Å²) >= 11 is 3.23. The molecule has 0 unspecified atom stereocenters. The molecule has 3 heterocycles. The van der Waals surface area contributed by atoms with Crippen molar-refractivity contribution in [2.45, 2.75) is 13.8 Å². The third kappa shape index (κ3) is 2.24. The van der Waals surface area contributed by atoms with Crippen molar-refractivity contribution in [3.05, 3.63) is 57.9 Å². The number of imidazole rings is 1. The lowest BCUT2D eigenvalue weighted by molar-refractivity contribution is 0.111. The number of hydrogen-bond donors (Lipinski definition) is 0. The summed E-state index contributed by atoms with van der Waals surface area (Å²) in [5.41, 5.74) is 5.84. The van der Waals surface area contributed by atoms with Crippen LogP contribution >= 0.6 is 22.7 Å². The monoisotopic (exact) mass is 338 g/mol. The molecular formula is C18H14N2OS2. The molecule has 0 fully saturated rings. The molecule has 0 N–H and O–H groups in total. The average molecular weight is 338 g/mol. The highest BCUT2D eigenvalue weighted by Crippen LogP contribution is 2.34. The first kappa shape index (κ1) is 14.4. The summed E-state index contributed by atoms with van der Waals surface area (Å²) in [7, 11) is 0. The molecule has 5 heteroatoms. The van der Waals surface area contributed by atoms with E-state index in [0.29, 0.717) is 5.69 Å². The quantitative estimate of drug-likeness (QED) is 0.480. The first-order chi connectivity index (χ1) is 11.2. The second-order valence-corrected chi connectivity index (χ2v) is 7.26. The molecule has 114 valence electrons. The summed E-state index contributed by atoms with van der Waals surface area (Å²) in [5.74, 6) is 0. The van der Waals surface area contributed by atoms with E-state index in [0.717, 1.165) is 33.1 Å². The average Bonchev–Trinajstić information content (AvgIpc) is 3.24. The van der Waals surface area contributed by atoms with E-state index in [2.05, 4.69) is 37.4 Å². The van der Waals surface area contributed by atoms with E-state index < -0.39 is 0 Å². The Kier molecular flexibility index (Phi) is 3.39. The second kappa shape index (κ2) is 5.44. The van der Waals surface area contributed by atoms with Crippen LogP contribution in [-0.4, -0.2) is 15.7 Å². The lowest BCUT2D eigenvalue weighted by atomic mass is 10.0. The molecule has 4 aromatic rings. The molecule has 4 rings (SSSR count). The predicted octanol–water partition coefficient (Wildman–Crippen LogP) is 5.22. The molecule has 3 aromatic heterocycles. The Bertz CT molecular complexity index is 1010. The number of thiophene rings is 1. The van der Waals surface area contributed by atoms with Crippen LogP contribution in [0.1, 0.15) is 21.6 Å². The molecule has 0 spiro atoms. The standard InChI is InChI=1S/C18H14N2OS2/c1-11-5-6-13(8-12(11)2)17-14(9-21)20-15(10-23-18(20)19-17)16-4-3-7-22-16/h3-10H,1-2H3. The summed E-state index contributed by atoms with van der Waals surface area (Å²) in [6.45, 7) is 4.16. The van der Waals surface area contributed by atoms with Crippen molar-refractivity contribution in [1.29, 1.82) is 0 Å². The zero-order chi connectivity index (χ0) is 16.0. The number of aldehydes is 1. The highest BCUT2D eigenvalue weighted by Gasteiger charge is 2.19. The van der Waals surface area contributed by atoms with Gasteiger partial charge in [-0.3, -0.25) is 9.20 Å². The van der Waals surface area contributed by atoms with E-state index in [1.165, 1.54) is 11.1 Å². The maximum atomic E-state index is 11.8. The van der Waals surface area contributed by atoms with Gasteiger partial charge in [-0.2, -0.15) is 0 Å². The van der Waals surface area contributed by atoms with Crippen molar-refractivity contribution < 1.29 is 4.79 Å². The summed E-state index contributed by atoms with van der Waals surface area (Å²) < 4.78 is 1.97. The lowest BCUT2D eigenvalue weighted by Gasteiger charge is -2.04. The molecule has 1 aromatic carbocycles. The Morgan fingerprint density at radius 2 is 2.00 bits per heavy atom. The predicted molar refractivity (Wildman–Crippen MR) is 96.7 cm³/mol. The van der Waals surface area contributed by atoms with Crippen LogP contribution in [0.25, 0.3) is 26.8 Å². The molecule has 0 radical (unpaired) electrons. The Balaban J connectivity index is 1.98. The zero-order valence-corrected chi connectivity index (χ0v) is 14.4. The summed E-state index contributed by atoms with van der Waals surface area (Å²) in [6, 6.07) is 10.3. The number of aryl methyl sites for hydroxylation is 2. The fourth-order valence-corrected chi connectivity index (χ4v) is 4.39. The fourth-order valence-electron chi connectivity index (χ4n) is 2.69. The molecule has 0 bridgehead atoms. The van der Waals surface area contributed by atoms with E-state index in [1.54, 1.807) is 22.7 Å². The van der Waals surface area contributed by atoms with Gasteiger partial charge in [0.05, 0.1) is 10.6 Å². The SMILES string of the molecule is Cc1ccc(-c2nc3scc(-c4cccs4)n3c2C=O)cc1C. The van der Waals surface area contributed by atoms with E-state index in [1.807, 2.05) is 21.9 Å². The number of fused-ring (bicyclic) bond motifs is 1. The minimum Gasteiger partial charge on any atom is -0.296 e. The number of carbonyl (C=O) groups excluding carboxylic acids is 1. The van der Waals surface area contributed by atoms with Crippen molar-refractivity contribution in [2.24, 2.45) is 0 Å². The van der Waals surface area contributed by atoms with Gasteiger partial charge in [-0.25, -0.2) is 4.98 Å². The van der Waals surface area contributed by atoms with Crippen molar-refractivity contribution in [3.63, 3.8) is 0 Å². The fraction of sp³-hybridized carbons (Fsp3) is 0.111. The van der Waals surface area contributed by atoms with Crippen LogP contribution in [0.3, 0.4) is 0 Å². The molecule has 3 nitrogen and oxygen atoms in total. The zero-order valence-electron chi connectivity index (χ0n) is 12.7. The van der Waals surface area contributed by atoms with E-state index in [9.17, 15) is 4.79 Å². The normalized spacial score (nSPS) is 11.2. The van der Waals surface area contributed by atoms with Crippen LogP contribution in [0.15, 0.2) is 41.1 Å². The number of carbonyl (C=O) groups is 1. The number of benzene rings is 1. The van der Waals surface area contributed by atoms with Gasteiger partial charge in [0.15, 0.2) is 11.2 Å². The number of hydrogen-bond acceptors (Lipinski definition) is 4. The van der Waals surface area contributed by atoms with Crippen molar-refractivity contribution in [3.8, 4) is 21.8 Å². The van der Waals surface area contributed by atoms with Gasteiger partial charge in [0.25, 0.3) is 0 Å². The van der Waals surface area contributed by atoms with Gasteiger partial charge in [-0.1, -0.05) is 18.2 Å². The molecule has 23 heavy (non-hydrogen) atoms. The Hall–Kier alpha value is -2.24. The van der Waals surface area contributed by atoms with Crippen LogP contribution in [-0.2, 0) is 0 Å². The van der Waals surface area contributed by atoms with Crippen LogP contribution in [0.5, 0.6) is 0 Å². The number of aromatic nitrogens is 2. The van der Waals surface area contributed by atoms with E-state index in [4.69, 9.17) is 4.98 Å². The number of thiazole rings is 1. The molecule has 0 aliphatic heterocycles. The van der Waals surface area contributed by atoms with E-state index >= 15 is 0 Å². The number of nitrogens with zero attached hydrogens (tertiary/aromatic N) is 2. The largest absolute Gasteiger partial charge is 0.296 e. The Morgan fingerprint density at radius 1 is 1.13 bits per heavy atom. The smallest absolute Gasteiger partial charge is 0.195 e. The Labute approximate surface area is 141 Å². The maximum absolute atomic E-state index is 11.8. The molecule has 0 atom stereocenters. The number of rotatable bonds is 3. The summed E-state index contributed by atoms with van der Waals surface area (Å²) in [6.07, 6.45) is 0.911. The van der Waals surface area contributed by atoms with Gasteiger partial charge in [0.2, 0.25) is 0 Å². The van der Waals surface area contributed by atoms with Crippen LogP contribution in [0.4, 0.5) is 0 Å². The topological polar surface area (TPSA) is 34.4 Å². The highest BCUT2D eigenvalue weighted by molar-refractivity contribution is 7.17. The van der Waals surface area contributed by atoms with E-state index in [-0.39, 0.29) is 0 Å². The van der Waals surface area contributed by atoms with Gasteiger partial charge in [-0.15, -0.1) is 22.7 Å². The third-order valence-electron chi connectivity index (χ3n) is 4.06. The molecule has 0 aliphatic carbocycles. The van der Waals surface area contributed by atoms with Gasteiger partial charge < -0.3 is 0 Å². The Morgan fingerprint density at radius 3 is 2.70 bits per heavy atom. The maximum Gasteiger partial charge on any atom is 0.195 e. The molecule has 0 aliphatic rings. The summed E-state index contributed by atoms with van der Waals surface area (Å²) in [4.78, 5) is 18.5. The van der Waals surface area contributed by atoms with Gasteiger partial charge in [0, 0.05) is 10.9 Å². The van der Waals surface area contributed by atoms with Crippen LogP contribution in [0, 0.1) is 13.8 Å². The minimum absolute atomic E-state index is 0.618. The lowest BCUT2D eigenvalue weighted by Crippen LogP contribution is -1.93. The van der Waals surface area contributed by atoms with Crippen molar-refractivity contribution in [1.82, 2.24) is 9.38 Å². The molecule has 0 saturated carbocycles. The first-order valence-corrected chi connectivity index (χ1v) is 9.01. The summed E-state index contributed by atoms with van der Waals surface area (Å²) in [5, 5.41) is 4.10. The second-order valence-electron chi connectivity index (χ2n) is 5.48. The van der Waals surface area contributed by atoms with Crippen molar-refractivity contribution >= 4 is 33.9 Å². The third-order valence-corrected chi connectivity index (χ3v) is 5.78. The molecule has 0 amide bonds. The van der Waals surface area contributed by atoms with Gasteiger partial charge in [-0.05, 0) is 42.5 Å². The molecule has 0 saturated heterocycles. The minimum atomic E-state index is 0.618.